The first-order valence-corrected chi connectivity index (χ1v) is 8.17. The summed E-state index contributed by atoms with van der Waals surface area (Å²) in [5.41, 5.74) is 0.960. The van der Waals surface area contributed by atoms with E-state index in [1.54, 1.807) is 10.9 Å². The standard InChI is InChI=1S/C18H23N3O2/c1-14(21-11-5-10-19-21)18(23)20-12-8-16(9-13-20)17(22)15-6-3-2-4-7-15/h2-7,10-11,14,16-17,22H,8-9,12-13H2,1H3/t14-,17-/m0/s1. The molecular weight excluding hydrogens is 290 g/mol. The van der Waals surface area contributed by atoms with E-state index >= 15 is 0 Å². The number of hydrogen-bond acceptors (Lipinski definition) is 3. The summed E-state index contributed by atoms with van der Waals surface area (Å²) in [6.45, 7) is 3.26. The summed E-state index contributed by atoms with van der Waals surface area (Å²) >= 11 is 0. The highest BCUT2D eigenvalue weighted by Crippen LogP contribution is 2.31. The number of carbonyl (C=O) groups excluding carboxylic acids is 1. The zero-order chi connectivity index (χ0) is 16.2. The van der Waals surface area contributed by atoms with Crippen molar-refractivity contribution in [1.29, 1.82) is 0 Å². The van der Waals surface area contributed by atoms with Crippen LogP contribution in [-0.2, 0) is 4.79 Å². The van der Waals surface area contributed by atoms with Crippen LogP contribution >= 0.6 is 0 Å². The van der Waals surface area contributed by atoms with Crippen molar-refractivity contribution in [1.82, 2.24) is 14.7 Å². The molecule has 1 aromatic carbocycles. The molecule has 1 aromatic heterocycles. The van der Waals surface area contributed by atoms with Gasteiger partial charge in [0.25, 0.3) is 0 Å². The predicted octanol–water partition coefficient (Wildman–Crippen LogP) is 2.42. The monoisotopic (exact) mass is 313 g/mol. The van der Waals surface area contributed by atoms with Crippen molar-refractivity contribution in [2.24, 2.45) is 5.92 Å². The zero-order valence-electron chi connectivity index (χ0n) is 13.4. The Labute approximate surface area is 136 Å². The number of aliphatic hydroxyl groups excluding tert-OH is 1. The Morgan fingerprint density at radius 3 is 2.52 bits per heavy atom. The number of aromatic nitrogens is 2. The minimum absolute atomic E-state index is 0.0985. The molecule has 1 fully saturated rings. The van der Waals surface area contributed by atoms with E-state index in [0.717, 1.165) is 18.4 Å². The summed E-state index contributed by atoms with van der Waals surface area (Å²) in [5.74, 6) is 0.308. The first kappa shape index (κ1) is 15.7. The molecule has 5 heteroatoms. The number of benzene rings is 1. The van der Waals surface area contributed by atoms with Gasteiger partial charge in [-0.25, -0.2) is 0 Å². The first-order chi connectivity index (χ1) is 11.2. The summed E-state index contributed by atoms with van der Waals surface area (Å²) in [5, 5.41) is 14.7. The largest absolute Gasteiger partial charge is 0.388 e. The SMILES string of the molecule is C[C@@H](C(=O)N1CCC([C@@H](O)c2ccccc2)CC1)n1cccn1. The lowest BCUT2D eigenvalue weighted by Gasteiger charge is -2.35. The van der Waals surface area contributed by atoms with Gasteiger partial charge in [0.2, 0.25) is 5.91 Å². The van der Waals surface area contributed by atoms with Gasteiger partial charge in [-0.2, -0.15) is 5.10 Å². The Morgan fingerprint density at radius 1 is 1.22 bits per heavy atom. The predicted molar refractivity (Wildman–Crippen MR) is 87.6 cm³/mol. The van der Waals surface area contributed by atoms with E-state index in [0.29, 0.717) is 13.1 Å². The van der Waals surface area contributed by atoms with Crippen molar-refractivity contribution in [2.75, 3.05) is 13.1 Å². The highest BCUT2D eigenvalue weighted by atomic mass is 16.3. The third kappa shape index (κ3) is 3.45. The Bertz CT molecular complexity index is 619. The molecule has 1 aliphatic heterocycles. The third-order valence-electron chi connectivity index (χ3n) is 4.72. The Kier molecular flexibility index (Phi) is 4.76. The summed E-state index contributed by atoms with van der Waals surface area (Å²) in [7, 11) is 0. The molecule has 2 aromatic rings. The fraction of sp³-hybridized carbons (Fsp3) is 0.444. The maximum atomic E-state index is 12.5. The van der Waals surface area contributed by atoms with Gasteiger partial charge in [-0.05, 0) is 37.3 Å². The molecule has 0 aliphatic carbocycles. The second kappa shape index (κ2) is 6.96. The molecule has 1 amide bonds. The average molecular weight is 313 g/mol. The van der Waals surface area contributed by atoms with Crippen LogP contribution in [0.15, 0.2) is 48.8 Å². The van der Waals surface area contributed by atoms with Crippen molar-refractivity contribution < 1.29 is 9.90 Å². The average Bonchev–Trinajstić information content (AvgIpc) is 3.15. The zero-order valence-corrected chi connectivity index (χ0v) is 13.4. The van der Waals surface area contributed by atoms with Crippen LogP contribution in [0.5, 0.6) is 0 Å². The lowest BCUT2D eigenvalue weighted by Crippen LogP contribution is -2.42. The lowest BCUT2D eigenvalue weighted by atomic mass is 9.87. The summed E-state index contributed by atoms with van der Waals surface area (Å²) in [4.78, 5) is 14.4. The molecule has 0 spiro atoms. The number of nitrogens with zero attached hydrogens (tertiary/aromatic N) is 3. The van der Waals surface area contributed by atoms with E-state index in [1.165, 1.54) is 0 Å². The molecular formula is C18H23N3O2. The highest BCUT2D eigenvalue weighted by molar-refractivity contribution is 5.80. The maximum Gasteiger partial charge on any atom is 0.247 e. The molecule has 2 heterocycles. The van der Waals surface area contributed by atoms with E-state index in [9.17, 15) is 9.90 Å². The van der Waals surface area contributed by atoms with Crippen LogP contribution in [0.2, 0.25) is 0 Å². The van der Waals surface area contributed by atoms with Crippen LogP contribution in [0, 0.1) is 5.92 Å². The van der Waals surface area contributed by atoms with Crippen molar-refractivity contribution in [3.63, 3.8) is 0 Å². The first-order valence-electron chi connectivity index (χ1n) is 8.17. The van der Waals surface area contributed by atoms with E-state index in [-0.39, 0.29) is 17.9 Å². The number of carbonyl (C=O) groups is 1. The molecule has 2 atom stereocenters. The number of rotatable bonds is 4. The summed E-state index contributed by atoms with van der Waals surface area (Å²) < 4.78 is 1.69. The number of likely N-dealkylation sites (tertiary alicyclic amines) is 1. The second-order valence-corrected chi connectivity index (χ2v) is 6.18. The van der Waals surface area contributed by atoms with Crippen molar-refractivity contribution in [3.05, 3.63) is 54.4 Å². The fourth-order valence-corrected chi connectivity index (χ4v) is 3.25. The van der Waals surface area contributed by atoms with Crippen LogP contribution in [0.1, 0.15) is 37.5 Å². The van der Waals surface area contributed by atoms with Gasteiger partial charge in [0.05, 0.1) is 6.10 Å². The Balaban J connectivity index is 1.57. The van der Waals surface area contributed by atoms with Gasteiger partial charge < -0.3 is 10.0 Å². The molecule has 3 rings (SSSR count). The van der Waals surface area contributed by atoms with Gasteiger partial charge in [-0.15, -0.1) is 0 Å². The normalized spacial score (nSPS) is 18.6. The molecule has 0 radical (unpaired) electrons. The van der Waals surface area contributed by atoms with Gasteiger partial charge in [-0.3, -0.25) is 9.48 Å². The van der Waals surface area contributed by atoms with Crippen LogP contribution in [-0.4, -0.2) is 38.8 Å². The molecule has 23 heavy (non-hydrogen) atoms. The number of amides is 1. The van der Waals surface area contributed by atoms with Crippen molar-refractivity contribution >= 4 is 5.91 Å². The molecule has 1 N–H and O–H groups in total. The molecule has 1 aliphatic rings. The van der Waals surface area contributed by atoms with E-state index < -0.39 is 6.10 Å². The Hall–Kier alpha value is -2.14. The molecule has 0 saturated carbocycles. The molecule has 1 saturated heterocycles. The topological polar surface area (TPSA) is 58.4 Å². The lowest BCUT2D eigenvalue weighted by molar-refractivity contribution is -0.136. The number of aliphatic hydroxyl groups is 1. The second-order valence-electron chi connectivity index (χ2n) is 6.18. The smallest absolute Gasteiger partial charge is 0.247 e. The van der Waals surface area contributed by atoms with Gasteiger partial charge in [0.15, 0.2) is 0 Å². The van der Waals surface area contributed by atoms with Crippen LogP contribution in [0.25, 0.3) is 0 Å². The van der Waals surface area contributed by atoms with Crippen LogP contribution < -0.4 is 0 Å². The van der Waals surface area contributed by atoms with E-state index in [2.05, 4.69) is 5.10 Å². The van der Waals surface area contributed by atoms with Crippen molar-refractivity contribution in [3.8, 4) is 0 Å². The van der Waals surface area contributed by atoms with Gasteiger partial charge in [0, 0.05) is 25.5 Å². The minimum Gasteiger partial charge on any atom is -0.388 e. The number of piperidine rings is 1. The molecule has 5 nitrogen and oxygen atoms in total. The van der Waals surface area contributed by atoms with Gasteiger partial charge in [0.1, 0.15) is 6.04 Å². The van der Waals surface area contributed by atoms with Gasteiger partial charge >= 0.3 is 0 Å². The van der Waals surface area contributed by atoms with E-state index in [1.807, 2.05) is 54.4 Å². The molecule has 0 bridgehead atoms. The maximum absolute atomic E-state index is 12.5. The highest BCUT2D eigenvalue weighted by Gasteiger charge is 2.30. The third-order valence-corrected chi connectivity index (χ3v) is 4.72. The number of hydrogen-bond donors (Lipinski definition) is 1. The summed E-state index contributed by atoms with van der Waals surface area (Å²) in [6.07, 6.45) is 4.71. The van der Waals surface area contributed by atoms with Crippen molar-refractivity contribution in [2.45, 2.75) is 31.9 Å². The minimum atomic E-state index is -0.447. The fourth-order valence-electron chi connectivity index (χ4n) is 3.25. The summed E-state index contributed by atoms with van der Waals surface area (Å²) in [6, 6.07) is 11.3. The van der Waals surface area contributed by atoms with Gasteiger partial charge in [-0.1, -0.05) is 30.3 Å². The van der Waals surface area contributed by atoms with Crippen LogP contribution in [0.4, 0.5) is 0 Å². The van der Waals surface area contributed by atoms with E-state index in [4.69, 9.17) is 0 Å². The Morgan fingerprint density at radius 2 is 1.91 bits per heavy atom. The quantitative estimate of drug-likeness (QED) is 0.943. The van der Waals surface area contributed by atoms with Crippen LogP contribution in [0.3, 0.4) is 0 Å². The molecule has 0 unspecified atom stereocenters. The molecule has 122 valence electrons.